The lowest BCUT2D eigenvalue weighted by atomic mass is 10.3. The molecule has 0 fully saturated rings. The molecular weight excluding hydrogens is 249 g/mol. The number of rotatable bonds is 1. The van der Waals surface area contributed by atoms with E-state index in [1.54, 1.807) is 6.07 Å². The number of hydrogen-bond donors (Lipinski definition) is 1. The number of thiophene rings is 1. The van der Waals surface area contributed by atoms with Crippen molar-refractivity contribution in [2.75, 3.05) is 0 Å². The van der Waals surface area contributed by atoms with Gasteiger partial charge in [-0.15, -0.1) is 11.3 Å². The molecule has 1 amide bonds. The first-order valence-corrected chi connectivity index (χ1v) is 4.20. The quantitative estimate of drug-likeness (QED) is 0.756. The molecule has 0 bridgehead atoms. The Morgan fingerprint density at radius 3 is 2.67 bits per heavy atom. The molecule has 2 nitrogen and oxygen atoms in total. The van der Waals surface area contributed by atoms with Crippen molar-refractivity contribution in [1.29, 1.82) is 0 Å². The molecule has 0 saturated carbocycles. The van der Waals surface area contributed by atoms with Gasteiger partial charge in [0.2, 0.25) is 0 Å². The second-order valence-electron chi connectivity index (χ2n) is 1.47. The summed E-state index contributed by atoms with van der Waals surface area (Å²) >= 11 is 3.61. The first kappa shape index (κ1) is 7.01. The van der Waals surface area contributed by atoms with Crippen LogP contribution in [0.3, 0.4) is 0 Å². The Hall–Kier alpha value is -0.100. The predicted molar refractivity (Wildman–Crippen MR) is 45.6 cm³/mol. The Kier molecular flexibility index (Phi) is 2.07. The molecule has 1 aromatic rings. The van der Waals surface area contributed by atoms with Crippen LogP contribution in [0.5, 0.6) is 0 Å². The fraction of sp³-hybridized carbons (Fsp3) is 0. The van der Waals surface area contributed by atoms with Gasteiger partial charge in [0, 0.05) is 0 Å². The first-order valence-electron chi connectivity index (χ1n) is 2.24. The molecule has 2 N–H and O–H groups in total. The highest BCUT2D eigenvalue weighted by Crippen LogP contribution is 2.17. The van der Waals surface area contributed by atoms with E-state index in [9.17, 15) is 4.79 Å². The minimum absolute atomic E-state index is 0.347. The maximum atomic E-state index is 10.5. The van der Waals surface area contributed by atoms with E-state index in [-0.39, 0.29) is 5.91 Å². The Balaban J connectivity index is 3.08. The molecule has 0 aliphatic carbocycles. The van der Waals surface area contributed by atoms with E-state index in [2.05, 4.69) is 22.6 Å². The van der Waals surface area contributed by atoms with Crippen LogP contribution in [0, 0.1) is 2.88 Å². The summed E-state index contributed by atoms with van der Waals surface area (Å²) < 4.78 is 0.958. The van der Waals surface area contributed by atoms with E-state index in [1.165, 1.54) is 11.3 Å². The number of halogens is 1. The van der Waals surface area contributed by atoms with Gasteiger partial charge in [0.1, 0.15) is 0 Å². The van der Waals surface area contributed by atoms with Crippen molar-refractivity contribution in [2.24, 2.45) is 5.73 Å². The number of nitrogens with two attached hydrogens (primary N) is 1. The molecule has 4 heteroatoms. The highest BCUT2D eigenvalue weighted by molar-refractivity contribution is 14.1. The van der Waals surface area contributed by atoms with Crippen molar-refractivity contribution >= 4 is 39.8 Å². The molecule has 48 valence electrons. The van der Waals surface area contributed by atoms with Gasteiger partial charge >= 0.3 is 0 Å². The zero-order chi connectivity index (χ0) is 6.85. The van der Waals surface area contributed by atoms with Crippen molar-refractivity contribution in [3.8, 4) is 0 Å². The van der Waals surface area contributed by atoms with Crippen LogP contribution in [0.15, 0.2) is 11.4 Å². The van der Waals surface area contributed by atoms with Crippen LogP contribution in [-0.2, 0) is 0 Å². The lowest BCUT2D eigenvalue weighted by Crippen LogP contribution is -2.10. The summed E-state index contributed by atoms with van der Waals surface area (Å²) in [7, 11) is 0. The van der Waals surface area contributed by atoms with Gasteiger partial charge in [-0.25, -0.2) is 0 Å². The molecule has 0 spiro atoms. The van der Waals surface area contributed by atoms with Crippen molar-refractivity contribution in [3.63, 3.8) is 0 Å². The van der Waals surface area contributed by atoms with Crippen LogP contribution in [-0.4, -0.2) is 5.91 Å². The monoisotopic (exact) mass is 253 g/mol. The lowest BCUT2D eigenvalue weighted by Gasteiger charge is -1.86. The summed E-state index contributed by atoms with van der Waals surface area (Å²) in [5.41, 5.74) is 5.65. The highest BCUT2D eigenvalue weighted by atomic mass is 127. The minimum Gasteiger partial charge on any atom is -0.366 e. The summed E-state index contributed by atoms with van der Waals surface area (Å²) in [5.74, 6) is -0.347. The van der Waals surface area contributed by atoms with Gasteiger partial charge in [-0.3, -0.25) is 4.79 Å². The van der Waals surface area contributed by atoms with Crippen molar-refractivity contribution in [1.82, 2.24) is 0 Å². The van der Waals surface area contributed by atoms with E-state index in [1.807, 2.05) is 5.38 Å². The molecule has 1 rings (SSSR count). The zero-order valence-corrected chi connectivity index (χ0v) is 7.40. The summed E-state index contributed by atoms with van der Waals surface area (Å²) in [6.07, 6.45) is 0. The number of hydrogen-bond acceptors (Lipinski definition) is 2. The van der Waals surface area contributed by atoms with Gasteiger partial charge in [-0.2, -0.15) is 0 Å². The fourth-order valence-corrected chi connectivity index (χ4v) is 1.97. The molecule has 1 heterocycles. The summed E-state index contributed by atoms with van der Waals surface area (Å²) in [4.78, 5) is 10.5. The SMILES string of the molecule is NC(=O)c1ccsc1I. The minimum atomic E-state index is -0.347. The van der Waals surface area contributed by atoms with E-state index >= 15 is 0 Å². The number of primary amides is 1. The zero-order valence-electron chi connectivity index (χ0n) is 4.43. The van der Waals surface area contributed by atoms with Crippen LogP contribution in [0.25, 0.3) is 0 Å². The van der Waals surface area contributed by atoms with Gasteiger partial charge < -0.3 is 5.73 Å². The van der Waals surface area contributed by atoms with Crippen molar-refractivity contribution in [2.45, 2.75) is 0 Å². The lowest BCUT2D eigenvalue weighted by molar-refractivity contribution is 0.1000. The van der Waals surface area contributed by atoms with Gasteiger partial charge in [-0.1, -0.05) is 0 Å². The smallest absolute Gasteiger partial charge is 0.250 e. The van der Waals surface area contributed by atoms with Crippen molar-refractivity contribution in [3.05, 3.63) is 19.9 Å². The number of carbonyl (C=O) groups is 1. The van der Waals surface area contributed by atoms with Crippen molar-refractivity contribution < 1.29 is 4.79 Å². The van der Waals surface area contributed by atoms with Gasteiger partial charge in [0.05, 0.1) is 8.45 Å². The third-order valence-electron chi connectivity index (χ3n) is 0.883. The van der Waals surface area contributed by atoms with Crippen LogP contribution in [0.4, 0.5) is 0 Å². The van der Waals surface area contributed by atoms with Crippen LogP contribution < -0.4 is 5.73 Å². The van der Waals surface area contributed by atoms with Crippen LogP contribution >= 0.6 is 33.9 Å². The average molecular weight is 253 g/mol. The van der Waals surface area contributed by atoms with Gasteiger partial charge in [-0.05, 0) is 34.0 Å². The third-order valence-corrected chi connectivity index (χ3v) is 2.93. The average Bonchev–Trinajstić information content (AvgIpc) is 2.13. The number of amides is 1. The van der Waals surface area contributed by atoms with E-state index in [0.29, 0.717) is 5.56 Å². The second kappa shape index (κ2) is 2.66. The normalized spacial score (nSPS) is 9.44. The van der Waals surface area contributed by atoms with Crippen LogP contribution in [0.1, 0.15) is 10.4 Å². The van der Waals surface area contributed by atoms with E-state index in [0.717, 1.165) is 2.88 Å². The standard InChI is InChI=1S/C5H4INOS/c6-4-3(5(7)8)1-2-9-4/h1-2H,(H2,7,8). The Labute approximate surface area is 70.2 Å². The summed E-state index contributed by atoms with van der Waals surface area (Å²) in [6, 6.07) is 1.73. The molecule has 0 saturated heterocycles. The van der Waals surface area contributed by atoms with Gasteiger partial charge in [0.15, 0.2) is 0 Å². The fourth-order valence-electron chi connectivity index (χ4n) is 0.470. The van der Waals surface area contributed by atoms with Crippen LogP contribution in [0.2, 0.25) is 0 Å². The second-order valence-corrected chi connectivity index (χ2v) is 4.20. The molecule has 9 heavy (non-hydrogen) atoms. The predicted octanol–water partition coefficient (Wildman–Crippen LogP) is 1.45. The summed E-state index contributed by atoms with van der Waals surface area (Å²) in [6.45, 7) is 0. The molecule has 0 aromatic carbocycles. The third kappa shape index (κ3) is 1.42. The molecule has 0 aliphatic heterocycles. The van der Waals surface area contributed by atoms with Gasteiger partial charge in [0.25, 0.3) is 5.91 Å². The molecule has 0 atom stereocenters. The Morgan fingerprint density at radius 2 is 2.44 bits per heavy atom. The molecule has 0 radical (unpaired) electrons. The largest absolute Gasteiger partial charge is 0.366 e. The molecule has 1 aromatic heterocycles. The molecule has 0 unspecified atom stereocenters. The Bertz CT molecular complexity index is 233. The molecular formula is C5H4INOS. The maximum absolute atomic E-state index is 10.5. The van der Waals surface area contributed by atoms with E-state index in [4.69, 9.17) is 5.73 Å². The molecule has 0 aliphatic rings. The Morgan fingerprint density at radius 1 is 1.78 bits per heavy atom. The summed E-state index contributed by atoms with van der Waals surface area (Å²) in [5, 5.41) is 1.85. The topological polar surface area (TPSA) is 43.1 Å². The highest BCUT2D eigenvalue weighted by Gasteiger charge is 2.04. The van der Waals surface area contributed by atoms with E-state index < -0.39 is 0 Å². The first-order chi connectivity index (χ1) is 4.22. The number of carbonyl (C=O) groups excluding carboxylic acids is 1. The maximum Gasteiger partial charge on any atom is 0.250 e.